The van der Waals surface area contributed by atoms with Gasteiger partial charge in [-0.25, -0.2) is 0 Å². The summed E-state index contributed by atoms with van der Waals surface area (Å²) in [5.41, 5.74) is 5.85. The molecule has 1 rings (SSSR count). The lowest BCUT2D eigenvalue weighted by atomic mass is 9.85. The summed E-state index contributed by atoms with van der Waals surface area (Å²) in [5, 5.41) is 3.15. The summed E-state index contributed by atoms with van der Waals surface area (Å²) >= 11 is 0. The van der Waals surface area contributed by atoms with Gasteiger partial charge in [-0.05, 0) is 44.9 Å². The van der Waals surface area contributed by atoms with Gasteiger partial charge in [-0.3, -0.25) is 4.79 Å². The molecule has 1 saturated carbocycles. The van der Waals surface area contributed by atoms with Crippen LogP contribution in [-0.4, -0.2) is 18.0 Å². The van der Waals surface area contributed by atoms with Gasteiger partial charge in [-0.15, -0.1) is 0 Å². The molecule has 0 aliphatic heterocycles. The number of nitrogens with one attached hydrogen (secondary N) is 1. The average molecular weight is 240 g/mol. The molecule has 17 heavy (non-hydrogen) atoms. The van der Waals surface area contributed by atoms with Crippen LogP contribution in [0.2, 0.25) is 0 Å². The largest absolute Gasteiger partial charge is 0.353 e. The van der Waals surface area contributed by atoms with Crippen LogP contribution in [0.5, 0.6) is 0 Å². The summed E-state index contributed by atoms with van der Waals surface area (Å²) in [6.45, 7) is 6.54. The molecule has 100 valence electrons. The van der Waals surface area contributed by atoms with Gasteiger partial charge in [0, 0.05) is 18.0 Å². The molecule has 0 aromatic carbocycles. The molecule has 3 nitrogen and oxygen atoms in total. The maximum atomic E-state index is 12.0. The highest BCUT2D eigenvalue weighted by molar-refractivity contribution is 5.79. The minimum atomic E-state index is 0.203. The molecule has 1 amide bonds. The zero-order valence-electron chi connectivity index (χ0n) is 11.5. The molecule has 0 spiro atoms. The van der Waals surface area contributed by atoms with E-state index in [1.165, 1.54) is 6.42 Å². The lowest BCUT2D eigenvalue weighted by Crippen LogP contribution is -2.40. The number of carbonyl (C=O) groups excluding carboxylic acids is 1. The molecule has 0 aromatic heterocycles. The Hall–Kier alpha value is -0.570. The number of nitrogens with two attached hydrogens (primary N) is 1. The van der Waals surface area contributed by atoms with Crippen molar-refractivity contribution < 1.29 is 4.79 Å². The van der Waals surface area contributed by atoms with Crippen molar-refractivity contribution in [1.82, 2.24) is 5.32 Å². The number of amides is 1. The summed E-state index contributed by atoms with van der Waals surface area (Å²) in [4.78, 5) is 12.0. The topological polar surface area (TPSA) is 55.1 Å². The van der Waals surface area contributed by atoms with Gasteiger partial charge in [0.1, 0.15) is 0 Å². The average Bonchev–Trinajstić information content (AvgIpc) is 2.29. The van der Waals surface area contributed by atoms with Crippen LogP contribution in [0.3, 0.4) is 0 Å². The van der Waals surface area contributed by atoms with Crippen LogP contribution in [-0.2, 0) is 4.79 Å². The van der Waals surface area contributed by atoms with Crippen LogP contribution in [0.25, 0.3) is 0 Å². The molecule has 0 saturated heterocycles. The molecular formula is C14H28N2O. The van der Waals surface area contributed by atoms with E-state index in [0.717, 1.165) is 32.1 Å². The van der Waals surface area contributed by atoms with E-state index in [-0.39, 0.29) is 11.8 Å². The SMILES string of the molecule is CCC(C)CC(C)NC(=O)C1CCC(N)CC1. The third kappa shape index (κ3) is 5.07. The highest BCUT2D eigenvalue weighted by Crippen LogP contribution is 2.23. The zero-order chi connectivity index (χ0) is 12.8. The molecule has 3 N–H and O–H groups in total. The Morgan fingerprint density at radius 2 is 1.88 bits per heavy atom. The predicted octanol–water partition coefficient (Wildman–Crippen LogP) is 2.44. The van der Waals surface area contributed by atoms with E-state index >= 15 is 0 Å². The van der Waals surface area contributed by atoms with Gasteiger partial charge in [0.2, 0.25) is 5.91 Å². The molecule has 0 radical (unpaired) electrons. The monoisotopic (exact) mass is 240 g/mol. The van der Waals surface area contributed by atoms with Crippen molar-refractivity contribution in [1.29, 1.82) is 0 Å². The normalized spacial score (nSPS) is 28.5. The number of carbonyl (C=O) groups is 1. The second-order valence-corrected chi connectivity index (χ2v) is 5.77. The lowest BCUT2D eigenvalue weighted by molar-refractivity contribution is -0.126. The van der Waals surface area contributed by atoms with Crippen molar-refractivity contribution in [3.05, 3.63) is 0 Å². The standard InChI is InChI=1S/C14H28N2O/c1-4-10(2)9-11(3)16-14(17)12-5-7-13(15)8-6-12/h10-13H,4-9,15H2,1-3H3,(H,16,17). The molecule has 3 heteroatoms. The van der Waals surface area contributed by atoms with Gasteiger partial charge in [-0.2, -0.15) is 0 Å². The first-order valence-electron chi connectivity index (χ1n) is 7.08. The van der Waals surface area contributed by atoms with E-state index in [9.17, 15) is 4.79 Å². The Morgan fingerprint density at radius 1 is 1.29 bits per heavy atom. The molecule has 1 aliphatic carbocycles. The lowest BCUT2D eigenvalue weighted by Gasteiger charge is -2.27. The van der Waals surface area contributed by atoms with E-state index in [0.29, 0.717) is 18.0 Å². The quantitative estimate of drug-likeness (QED) is 0.775. The molecule has 0 bridgehead atoms. The highest BCUT2D eigenvalue weighted by atomic mass is 16.1. The fraction of sp³-hybridized carbons (Fsp3) is 0.929. The van der Waals surface area contributed by atoms with Gasteiger partial charge in [0.25, 0.3) is 0 Å². The molecule has 1 fully saturated rings. The first kappa shape index (κ1) is 14.5. The van der Waals surface area contributed by atoms with Crippen molar-refractivity contribution >= 4 is 5.91 Å². The summed E-state index contributed by atoms with van der Waals surface area (Å²) in [5.74, 6) is 1.13. The van der Waals surface area contributed by atoms with Crippen molar-refractivity contribution in [2.45, 2.75) is 71.4 Å². The Labute approximate surface area is 106 Å². The molecule has 0 heterocycles. The summed E-state index contributed by atoms with van der Waals surface area (Å²) in [6, 6.07) is 0.615. The van der Waals surface area contributed by atoms with Crippen LogP contribution < -0.4 is 11.1 Å². The Bertz CT molecular complexity index is 234. The summed E-state index contributed by atoms with van der Waals surface area (Å²) in [7, 11) is 0. The molecule has 1 aliphatic rings. The zero-order valence-corrected chi connectivity index (χ0v) is 11.5. The minimum absolute atomic E-state index is 0.203. The van der Waals surface area contributed by atoms with Crippen molar-refractivity contribution in [2.24, 2.45) is 17.6 Å². The second kappa shape index (κ2) is 7.00. The van der Waals surface area contributed by atoms with Gasteiger partial charge in [0.05, 0.1) is 0 Å². The van der Waals surface area contributed by atoms with E-state index in [2.05, 4.69) is 26.1 Å². The Balaban J connectivity index is 2.28. The molecule has 0 aromatic rings. The minimum Gasteiger partial charge on any atom is -0.353 e. The van der Waals surface area contributed by atoms with Crippen LogP contribution in [0, 0.1) is 11.8 Å². The van der Waals surface area contributed by atoms with E-state index in [4.69, 9.17) is 5.73 Å². The molecule has 2 atom stereocenters. The maximum Gasteiger partial charge on any atom is 0.223 e. The summed E-state index contributed by atoms with van der Waals surface area (Å²) in [6.07, 6.45) is 6.18. The first-order valence-corrected chi connectivity index (χ1v) is 7.08. The van der Waals surface area contributed by atoms with Crippen LogP contribution >= 0.6 is 0 Å². The fourth-order valence-electron chi connectivity index (χ4n) is 2.57. The van der Waals surface area contributed by atoms with Crippen molar-refractivity contribution in [2.75, 3.05) is 0 Å². The molecule has 2 unspecified atom stereocenters. The maximum absolute atomic E-state index is 12.0. The van der Waals surface area contributed by atoms with E-state index in [1.54, 1.807) is 0 Å². The van der Waals surface area contributed by atoms with Crippen LogP contribution in [0.4, 0.5) is 0 Å². The van der Waals surface area contributed by atoms with E-state index in [1.807, 2.05) is 0 Å². The predicted molar refractivity (Wildman–Crippen MR) is 71.6 cm³/mol. The third-order valence-electron chi connectivity index (χ3n) is 3.98. The number of rotatable bonds is 5. The fourth-order valence-corrected chi connectivity index (χ4v) is 2.57. The van der Waals surface area contributed by atoms with Gasteiger partial charge in [-0.1, -0.05) is 20.3 Å². The number of hydrogen-bond donors (Lipinski definition) is 2. The smallest absolute Gasteiger partial charge is 0.223 e. The van der Waals surface area contributed by atoms with Gasteiger partial charge < -0.3 is 11.1 Å². The second-order valence-electron chi connectivity index (χ2n) is 5.77. The Morgan fingerprint density at radius 3 is 2.41 bits per heavy atom. The summed E-state index contributed by atoms with van der Waals surface area (Å²) < 4.78 is 0. The van der Waals surface area contributed by atoms with Crippen molar-refractivity contribution in [3.8, 4) is 0 Å². The van der Waals surface area contributed by atoms with Gasteiger partial charge in [0.15, 0.2) is 0 Å². The van der Waals surface area contributed by atoms with Gasteiger partial charge >= 0.3 is 0 Å². The van der Waals surface area contributed by atoms with Crippen LogP contribution in [0.15, 0.2) is 0 Å². The van der Waals surface area contributed by atoms with Crippen molar-refractivity contribution in [3.63, 3.8) is 0 Å². The Kier molecular flexibility index (Phi) is 5.96. The number of hydrogen-bond acceptors (Lipinski definition) is 2. The van der Waals surface area contributed by atoms with Crippen LogP contribution in [0.1, 0.15) is 59.3 Å². The first-order chi connectivity index (χ1) is 8.02. The third-order valence-corrected chi connectivity index (χ3v) is 3.98. The highest BCUT2D eigenvalue weighted by Gasteiger charge is 2.25. The molecular weight excluding hydrogens is 212 g/mol. The van der Waals surface area contributed by atoms with E-state index < -0.39 is 0 Å².